The first kappa shape index (κ1) is 10.0. The van der Waals surface area contributed by atoms with Crippen LogP contribution in [0.3, 0.4) is 0 Å². The van der Waals surface area contributed by atoms with E-state index in [0.717, 1.165) is 5.56 Å². The summed E-state index contributed by atoms with van der Waals surface area (Å²) in [7, 11) is 1.64. The number of rotatable bonds is 2. The quantitative estimate of drug-likeness (QED) is 0.759. The molecule has 1 atom stereocenters. The van der Waals surface area contributed by atoms with Gasteiger partial charge in [0.1, 0.15) is 6.23 Å². The van der Waals surface area contributed by atoms with Crippen molar-refractivity contribution in [2.24, 2.45) is 5.73 Å². The Hall–Kier alpha value is -0.510. The largest absolute Gasteiger partial charge is 0.363 e. The van der Waals surface area contributed by atoms with Gasteiger partial charge >= 0.3 is 0 Å². The summed E-state index contributed by atoms with van der Waals surface area (Å²) in [6.45, 7) is 0. The second-order valence-electron chi connectivity index (χ2n) is 3.48. The van der Waals surface area contributed by atoms with Crippen LogP contribution in [0.2, 0.25) is 0 Å². The normalized spacial score (nSPS) is 17.6. The Bertz CT molecular complexity index is 327. The topological polar surface area (TPSA) is 35.2 Å². The summed E-state index contributed by atoms with van der Waals surface area (Å²) in [5, 5.41) is 0. The minimum absolute atomic E-state index is 0.285. The summed E-state index contributed by atoms with van der Waals surface area (Å²) in [6, 6.07) is 6.40. The zero-order chi connectivity index (χ0) is 9.97. The molecule has 0 saturated heterocycles. The predicted molar refractivity (Wildman–Crippen MR) is 59.4 cm³/mol. The lowest BCUT2D eigenvalue weighted by atomic mass is 10.1. The molecule has 1 aliphatic heterocycles. The molecule has 1 aromatic rings. The average Bonchev–Trinajstić information content (AvgIpc) is 2.27. The van der Waals surface area contributed by atoms with Gasteiger partial charge in [-0.05, 0) is 35.8 Å². The number of thioether (sulfide) groups is 1. The van der Waals surface area contributed by atoms with Crippen molar-refractivity contribution in [2.75, 3.05) is 12.9 Å². The molecule has 1 heterocycles. The van der Waals surface area contributed by atoms with E-state index < -0.39 is 0 Å². The second kappa shape index (κ2) is 4.34. The molecule has 76 valence electrons. The second-order valence-corrected chi connectivity index (χ2v) is 4.61. The van der Waals surface area contributed by atoms with Crippen molar-refractivity contribution in [3.63, 3.8) is 0 Å². The molecule has 2 N–H and O–H groups in total. The van der Waals surface area contributed by atoms with Gasteiger partial charge in [0, 0.05) is 12.0 Å². The van der Waals surface area contributed by atoms with Gasteiger partial charge in [-0.2, -0.15) is 0 Å². The number of fused-ring (bicyclic) bond motifs is 1. The summed E-state index contributed by atoms with van der Waals surface area (Å²) >= 11 is 1.94. The summed E-state index contributed by atoms with van der Waals surface area (Å²) in [6.07, 6.45) is 2.16. The molecule has 2 nitrogen and oxygen atoms in total. The minimum atomic E-state index is -0.285. The highest BCUT2D eigenvalue weighted by molar-refractivity contribution is 7.99. The number of hydrogen-bond acceptors (Lipinski definition) is 3. The van der Waals surface area contributed by atoms with Crippen molar-refractivity contribution in [1.82, 2.24) is 0 Å². The van der Waals surface area contributed by atoms with Crippen molar-refractivity contribution in [1.29, 1.82) is 0 Å². The van der Waals surface area contributed by atoms with Gasteiger partial charge in [0.25, 0.3) is 0 Å². The van der Waals surface area contributed by atoms with Crippen LogP contribution in [0.5, 0.6) is 0 Å². The maximum Gasteiger partial charge on any atom is 0.131 e. The number of benzene rings is 1. The fourth-order valence-corrected chi connectivity index (χ4v) is 2.71. The monoisotopic (exact) mass is 209 g/mol. The Kier molecular flexibility index (Phi) is 3.11. The molecule has 0 radical (unpaired) electrons. The first-order valence-corrected chi connectivity index (χ1v) is 5.84. The summed E-state index contributed by atoms with van der Waals surface area (Å²) in [4.78, 5) is 1.41. The van der Waals surface area contributed by atoms with Crippen LogP contribution in [0.25, 0.3) is 0 Å². The first-order chi connectivity index (χ1) is 6.81. The standard InChI is InChI=1S/C11H15NOS/c1-13-11(12)9-4-5-10-8(7-9)3-2-6-14-10/h4-5,7,11H,2-3,6,12H2,1H3. The smallest absolute Gasteiger partial charge is 0.131 e. The third-order valence-electron chi connectivity index (χ3n) is 2.52. The molecular weight excluding hydrogens is 194 g/mol. The Labute approximate surface area is 88.8 Å². The highest BCUT2D eigenvalue weighted by Crippen LogP contribution is 2.31. The van der Waals surface area contributed by atoms with Gasteiger partial charge in [0.05, 0.1) is 0 Å². The van der Waals surface area contributed by atoms with Gasteiger partial charge in [0.15, 0.2) is 0 Å². The zero-order valence-electron chi connectivity index (χ0n) is 8.32. The highest BCUT2D eigenvalue weighted by atomic mass is 32.2. The number of methoxy groups -OCH3 is 1. The average molecular weight is 209 g/mol. The van der Waals surface area contributed by atoms with Crippen molar-refractivity contribution in [3.8, 4) is 0 Å². The molecule has 2 rings (SSSR count). The number of hydrogen-bond donors (Lipinski definition) is 1. The fourth-order valence-electron chi connectivity index (χ4n) is 1.69. The Morgan fingerprint density at radius 3 is 3.14 bits per heavy atom. The van der Waals surface area contributed by atoms with E-state index in [1.165, 1.54) is 29.1 Å². The van der Waals surface area contributed by atoms with Crippen molar-refractivity contribution in [2.45, 2.75) is 24.0 Å². The van der Waals surface area contributed by atoms with Gasteiger partial charge in [-0.25, -0.2) is 0 Å². The Morgan fingerprint density at radius 1 is 1.50 bits per heavy atom. The fraction of sp³-hybridized carbons (Fsp3) is 0.455. The molecule has 3 heteroatoms. The lowest BCUT2D eigenvalue weighted by Crippen LogP contribution is -2.13. The predicted octanol–water partition coefficient (Wildman–Crippen LogP) is 2.33. The van der Waals surface area contributed by atoms with Crippen LogP contribution in [0.1, 0.15) is 23.8 Å². The zero-order valence-corrected chi connectivity index (χ0v) is 9.14. The molecule has 0 saturated carbocycles. The molecule has 0 bridgehead atoms. The van der Waals surface area contributed by atoms with Crippen molar-refractivity contribution < 1.29 is 4.74 Å². The van der Waals surface area contributed by atoms with E-state index in [2.05, 4.69) is 18.2 Å². The van der Waals surface area contributed by atoms with Gasteiger partial charge < -0.3 is 10.5 Å². The maximum atomic E-state index is 5.80. The summed E-state index contributed by atoms with van der Waals surface area (Å²) < 4.78 is 5.10. The lowest BCUT2D eigenvalue weighted by Gasteiger charge is -2.18. The minimum Gasteiger partial charge on any atom is -0.363 e. The molecule has 1 aliphatic rings. The molecule has 1 unspecified atom stereocenters. The van der Waals surface area contributed by atoms with Crippen LogP contribution < -0.4 is 5.73 Å². The van der Waals surface area contributed by atoms with E-state index in [0.29, 0.717) is 0 Å². The molecule has 0 spiro atoms. The molecular formula is C11H15NOS. The van der Waals surface area contributed by atoms with E-state index >= 15 is 0 Å². The lowest BCUT2D eigenvalue weighted by molar-refractivity contribution is 0.109. The van der Waals surface area contributed by atoms with Gasteiger partial charge in [-0.1, -0.05) is 12.1 Å². The van der Waals surface area contributed by atoms with E-state index in [-0.39, 0.29) is 6.23 Å². The highest BCUT2D eigenvalue weighted by Gasteiger charge is 2.12. The van der Waals surface area contributed by atoms with Crippen LogP contribution in [0.4, 0.5) is 0 Å². The number of aryl methyl sites for hydroxylation is 1. The summed E-state index contributed by atoms with van der Waals surface area (Å²) in [5.74, 6) is 1.24. The Balaban J connectivity index is 2.29. The number of nitrogens with two attached hydrogens (primary N) is 1. The van der Waals surface area contributed by atoms with Crippen LogP contribution in [-0.4, -0.2) is 12.9 Å². The van der Waals surface area contributed by atoms with E-state index in [1.807, 2.05) is 11.8 Å². The molecule has 0 amide bonds. The van der Waals surface area contributed by atoms with Crippen LogP contribution in [0, 0.1) is 0 Å². The van der Waals surface area contributed by atoms with Crippen molar-refractivity contribution >= 4 is 11.8 Å². The molecule has 0 aromatic heterocycles. The van der Waals surface area contributed by atoms with Gasteiger partial charge in [0.2, 0.25) is 0 Å². The van der Waals surface area contributed by atoms with Crippen LogP contribution in [0.15, 0.2) is 23.1 Å². The molecule has 1 aromatic carbocycles. The van der Waals surface area contributed by atoms with Crippen molar-refractivity contribution in [3.05, 3.63) is 29.3 Å². The maximum absolute atomic E-state index is 5.80. The number of ether oxygens (including phenoxy) is 1. The SMILES string of the molecule is COC(N)c1ccc2c(c1)CCCS2. The molecule has 0 fully saturated rings. The Morgan fingerprint density at radius 2 is 2.36 bits per heavy atom. The molecule has 14 heavy (non-hydrogen) atoms. The van der Waals surface area contributed by atoms with E-state index in [9.17, 15) is 0 Å². The van der Waals surface area contributed by atoms with Gasteiger partial charge in [-0.3, -0.25) is 0 Å². The first-order valence-electron chi connectivity index (χ1n) is 4.85. The summed E-state index contributed by atoms with van der Waals surface area (Å²) in [5.41, 5.74) is 8.30. The van der Waals surface area contributed by atoms with Crippen LogP contribution in [-0.2, 0) is 11.2 Å². The van der Waals surface area contributed by atoms with Gasteiger partial charge in [-0.15, -0.1) is 11.8 Å². The van der Waals surface area contributed by atoms with Crippen LogP contribution >= 0.6 is 11.8 Å². The third-order valence-corrected chi connectivity index (χ3v) is 3.72. The van der Waals surface area contributed by atoms with E-state index in [1.54, 1.807) is 7.11 Å². The third kappa shape index (κ3) is 1.95. The molecule has 0 aliphatic carbocycles. The van der Waals surface area contributed by atoms with E-state index in [4.69, 9.17) is 10.5 Å².